The maximum atomic E-state index is 13.7. The van der Waals surface area contributed by atoms with E-state index in [1.54, 1.807) is 24.3 Å². The normalized spacial score (nSPS) is 11.5. The minimum absolute atomic E-state index is 0.169. The van der Waals surface area contributed by atoms with Gasteiger partial charge >= 0.3 is 5.97 Å². The summed E-state index contributed by atoms with van der Waals surface area (Å²) in [5.41, 5.74) is 0.414. The Hall–Kier alpha value is -2.96. The third-order valence-corrected chi connectivity index (χ3v) is 3.82. The Labute approximate surface area is 149 Å². The van der Waals surface area contributed by atoms with Gasteiger partial charge in [0.15, 0.2) is 0 Å². The van der Waals surface area contributed by atoms with Crippen molar-refractivity contribution in [3.05, 3.63) is 65.2 Å². The van der Waals surface area contributed by atoms with Gasteiger partial charge in [-0.3, -0.25) is 4.79 Å². The van der Waals surface area contributed by atoms with Crippen molar-refractivity contribution in [2.75, 3.05) is 14.2 Å². The molecule has 2 aromatic carbocycles. The zero-order valence-corrected chi connectivity index (χ0v) is 14.4. The molecule has 5 nitrogen and oxygen atoms in total. The summed E-state index contributed by atoms with van der Waals surface area (Å²) >= 11 is 0. The van der Waals surface area contributed by atoms with Gasteiger partial charge < -0.3 is 14.8 Å². The van der Waals surface area contributed by atoms with Gasteiger partial charge in [0.05, 0.1) is 20.6 Å². The van der Waals surface area contributed by atoms with Gasteiger partial charge in [-0.1, -0.05) is 18.2 Å². The summed E-state index contributed by atoms with van der Waals surface area (Å²) in [7, 11) is 2.74. The Bertz CT molecular complexity index is 757. The molecule has 0 bridgehead atoms. The number of esters is 1. The van der Waals surface area contributed by atoms with Gasteiger partial charge in [-0.15, -0.1) is 0 Å². The lowest BCUT2D eigenvalue weighted by Gasteiger charge is -2.17. The summed E-state index contributed by atoms with van der Waals surface area (Å²) in [5, 5.41) is 2.47. The van der Waals surface area contributed by atoms with E-state index < -0.39 is 36.0 Å². The Morgan fingerprint density at radius 2 is 1.65 bits per heavy atom. The number of halogens is 2. The van der Waals surface area contributed by atoms with Crippen molar-refractivity contribution in [3.63, 3.8) is 0 Å². The zero-order chi connectivity index (χ0) is 19.1. The fraction of sp³-hybridized carbons (Fsp3) is 0.263. The molecule has 1 N–H and O–H groups in total. The molecule has 0 aliphatic heterocycles. The van der Waals surface area contributed by atoms with E-state index in [0.29, 0.717) is 5.75 Å². The van der Waals surface area contributed by atoms with Crippen LogP contribution in [0.5, 0.6) is 5.75 Å². The van der Waals surface area contributed by atoms with Crippen LogP contribution in [-0.2, 0) is 27.2 Å². The molecular weight excluding hydrogens is 344 g/mol. The highest BCUT2D eigenvalue weighted by Crippen LogP contribution is 2.15. The van der Waals surface area contributed by atoms with Gasteiger partial charge in [0, 0.05) is 12.0 Å². The van der Waals surface area contributed by atoms with Gasteiger partial charge in [-0.25, -0.2) is 13.6 Å². The van der Waals surface area contributed by atoms with E-state index in [0.717, 1.165) is 17.7 Å². The lowest BCUT2D eigenvalue weighted by atomic mass is 10.0. The molecule has 1 amide bonds. The van der Waals surface area contributed by atoms with E-state index in [1.807, 2.05) is 0 Å². The number of hydrogen-bond donors (Lipinski definition) is 1. The number of methoxy groups -OCH3 is 2. The summed E-state index contributed by atoms with van der Waals surface area (Å²) in [6, 6.07) is 9.32. The molecule has 0 saturated heterocycles. The van der Waals surface area contributed by atoms with Crippen molar-refractivity contribution in [1.29, 1.82) is 0 Å². The summed E-state index contributed by atoms with van der Waals surface area (Å²) in [4.78, 5) is 24.1. The van der Waals surface area contributed by atoms with Crippen molar-refractivity contribution < 1.29 is 27.8 Å². The third kappa shape index (κ3) is 5.02. The highest BCUT2D eigenvalue weighted by atomic mass is 19.1. The highest BCUT2D eigenvalue weighted by molar-refractivity contribution is 5.85. The van der Waals surface area contributed by atoms with Gasteiger partial charge in [0.2, 0.25) is 5.91 Å². The number of hydrogen-bond acceptors (Lipinski definition) is 4. The van der Waals surface area contributed by atoms with Crippen LogP contribution < -0.4 is 10.1 Å². The Morgan fingerprint density at radius 1 is 1.04 bits per heavy atom. The lowest BCUT2D eigenvalue weighted by molar-refractivity contribution is -0.145. The first-order valence-corrected chi connectivity index (χ1v) is 7.87. The average Bonchev–Trinajstić information content (AvgIpc) is 2.64. The average molecular weight is 363 g/mol. The molecule has 0 aromatic heterocycles. The maximum Gasteiger partial charge on any atom is 0.328 e. The molecule has 2 rings (SSSR count). The van der Waals surface area contributed by atoms with Crippen LogP contribution >= 0.6 is 0 Å². The molecule has 2 aromatic rings. The first-order valence-electron chi connectivity index (χ1n) is 7.87. The van der Waals surface area contributed by atoms with Crippen molar-refractivity contribution >= 4 is 11.9 Å². The Balaban J connectivity index is 2.09. The van der Waals surface area contributed by atoms with E-state index in [9.17, 15) is 18.4 Å². The number of amides is 1. The molecule has 26 heavy (non-hydrogen) atoms. The molecule has 138 valence electrons. The van der Waals surface area contributed by atoms with E-state index >= 15 is 0 Å². The van der Waals surface area contributed by atoms with Crippen LogP contribution in [0, 0.1) is 11.6 Å². The van der Waals surface area contributed by atoms with Crippen LogP contribution in [0.2, 0.25) is 0 Å². The largest absolute Gasteiger partial charge is 0.497 e. The zero-order valence-electron chi connectivity index (χ0n) is 14.4. The molecule has 7 heteroatoms. The topological polar surface area (TPSA) is 64.6 Å². The molecule has 1 atom stereocenters. The third-order valence-electron chi connectivity index (χ3n) is 3.82. The number of rotatable bonds is 7. The summed E-state index contributed by atoms with van der Waals surface area (Å²) in [5.74, 6) is -2.31. The molecule has 0 unspecified atom stereocenters. The molecular formula is C19H19F2NO4. The van der Waals surface area contributed by atoms with Crippen molar-refractivity contribution in [1.82, 2.24) is 5.32 Å². The standard InChI is InChI=1S/C19H19F2NO4/c1-25-13-8-6-12(7-9-13)10-17(19(24)26-2)22-18(23)11-14-15(20)4-3-5-16(14)21/h3-9,17H,10-11H2,1-2H3,(H,22,23)/t17-/m1/s1. The first kappa shape index (κ1) is 19.4. The fourth-order valence-corrected chi connectivity index (χ4v) is 2.44. The number of ether oxygens (including phenoxy) is 2. The number of carbonyl (C=O) groups excluding carboxylic acids is 2. The van der Waals surface area contributed by atoms with Crippen molar-refractivity contribution in [3.8, 4) is 5.75 Å². The second-order valence-electron chi connectivity index (χ2n) is 5.57. The summed E-state index contributed by atoms with van der Waals surface area (Å²) < 4.78 is 37.1. The number of carbonyl (C=O) groups is 2. The lowest BCUT2D eigenvalue weighted by Crippen LogP contribution is -2.43. The number of benzene rings is 2. The van der Waals surface area contributed by atoms with Crippen LogP contribution in [0.3, 0.4) is 0 Å². The molecule has 0 spiro atoms. The summed E-state index contributed by atoms with van der Waals surface area (Å²) in [6.45, 7) is 0. The second-order valence-corrected chi connectivity index (χ2v) is 5.57. The predicted molar refractivity (Wildman–Crippen MR) is 90.7 cm³/mol. The second kappa shape index (κ2) is 8.94. The van der Waals surface area contributed by atoms with Gasteiger partial charge in [-0.2, -0.15) is 0 Å². The predicted octanol–water partition coefficient (Wildman–Crippen LogP) is 2.42. The van der Waals surface area contributed by atoms with Crippen molar-refractivity contribution in [2.24, 2.45) is 0 Å². The van der Waals surface area contributed by atoms with E-state index in [4.69, 9.17) is 9.47 Å². The first-order chi connectivity index (χ1) is 12.4. The van der Waals surface area contributed by atoms with Crippen LogP contribution in [0.15, 0.2) is 42.5 Å². The van der Waals surface area contributed by atoms with E-state index in [2.05, 4.69) is 5.32 Å². The van der Waals surface area contributed by atoms with E-state index in [1.165, 1.54) is 20.3 Å². The quantitative estimate of drug-likeness (QED) is 0.768. The van der Waals surface area contributed by atoms with Crippen molar-refractivity contribution in [2.45, 2.75) is 18.9 Å². The van der Waals surface area contributed by atoms with Crippen LogP contribution in [-0.4, -0.2) is 32.1 Å². The SMILES string of the molecule is COC(=O)[C@@H](Cc1ccc(OC)cc1)NC(=O)Cc1c(F)cccc1F. The molecule has 0 aliphatic carbocycles. The number of nitrogens with one attached hydrogen (secondary N) is 1. The smallest absolute Gasteiger partial charge is 0.328 e. The Morgan fingerprint density at radius 3 is 2.19 bits per heavy atom. The highest BCUT2D eigenvalue weighted by Gasteiger charge is 2.23. The minimum Gasteiger partial charge on any atom is -0.497 e. The monoisotopic (exact) mass is 363 g/mol. The molecule has 0 saturated carbocycles. The molecule has 0 radical (unpaired) electrons. The van der Waals surface area contributed by atoms with Crippen LogP contribution in [0.25, 0.3) is 0 Å². The molecule has 0 heterocycles. The Kier molecular flexibility index (Phi) is 6.66. The van der Waals surface area contributed by atoms with Gasteiger partial charge in [0.25, 0.3) is 0 Å². The minimum atomic E-state index is -0.976. The van der Waals surface area contributed by atoms with Crippen LogP contribution in [0.4, 0.5) is 8.78 Å². The van der Waals surface area contributed by atoms with Gasteiger partial charge in [0.1, 0.15) is 23.4 Å². The molecule has 0 fully saturated rings. The van der Waals surface area contributed by atoms with Crippen LogP contribution in [0.1, 0.15) is 11.1 Å². The fourth-order valence-electron chi connectivity index (χ4n) is 2.44. The van der Waals surface area contributed by atoms with Gasteiger partial charge in [-0.05, 0) is 29.8 Å². The molecule has 0 aliphatic rings. The summed E-state index contributed by atoms with van der Waals surface area (Å²) in [6.07, 6.45) is -0.350. The van der Waals surface area contributed by atoms with E-state index in [-0.39, 0.29) is 12.0 Å². The maximum absolute atomic E-state index is 13.7.